The summed E-state index contributed by atoms with van der Waals surface area (Å²) < 4.78 is 40.5. The van der Waals surface area contributed by atoms with E-state index in [1.165, 1.54) is 41.3 Å². The van der Waals surface area contributed by atoms with E-state index in [0.717, 1.165) is 11.1 Å². The molecule has 158 valence electrons. The van der Waals surface area contributed by atoms with E-state index in [0.29, 0.717) is 5.56 Å². The van der Waals surface area contributed by atoms with Gasteiger partial charge in [-0.3, -0.25) is 4.79 Å². The first-order valence-corrected chi connectivity index (χ1v) is 11.1. The summed E-state index contributed by atoms with van der Waals surface area (Å²) in [5.41, 5.74) is 2.03. The van der Waals surface area contributed by atoms with Gasteiger partial charge in [-0.25, -0.2) is 12.8 Å². The van der Waals surface area contributed by atoms with Crippen LogP contribution in [-0.2, 0) is 21.2 Å². The van der Waals surface area contributed by atoms with Gasteiger partial charge in [0.25, 0.3) is 5.91 Å². The Kier molecular flexibility index (Phi) is 5.37. The van der Waals surface area contributed by atoms with Crippen LogP contribution < -0.4 is 0 Å². The smallest absolute Gasteiger partial charge is 0.290 e. The molecule has 1 N–H and O–H groups in total. The van der Waals surface area contributed by atoms with Gasteiger partial charge in [-0.1, -0.05) is 60.2 Å². The van der Waals surface area contributed by atoms with Gasteiger partial charge in [-0.15, -0.1) is 0 Å². The molecule has 7 heteroatoms. The zero-order valence-corrected chi connectivity index (χ0v) is 17.5. The molecular formula is C24H20FNO4S. The molecule has 0 saturated heterocycles. The predicted octanol–water partition coefficient (Wildman–Crippen LogP) is 4.46. The van der Waals surface area contributed by atoms with Crippen molar-refractivity contribution < 1.29 is 22.7 Å². The molecule has 0 spiro atoms. The summed E-state index contributed by atoms with van der Waals surface area (Å²) in [6, 6.07) is 19.4. The lowest BCUT2D eigenvalue weighted by Gasteiger charge is -2.27. The molecule has 0 saturated carbocycles. The van der Waals surface area contributed by atoms with E-state index < -0.39 is 38.3 Å². The van der Waals surface area contributed by atoms with E-state index in [4.69, 9.17) is 0 Å². The lowest BCUT2D eigenvalue weighted by atomic mass is 10.1. The Morgan fingerprint density at radius 2 is 1.55 bits per heavy atom. The molecule has 0 bridgehead atoms. The monoisotopic (exact) mass is 437 g/mol. The van der Waals surface area contributed by atoms with E-state index in [2.05, 4.69) is 0 Å². The third-order valence-corrected chi connectivity index (χ3v) is 7.15. The van der Waals surface area contributed by atoms with Gasteiger partial charge in [0.1, 0.15) is 10.7 Å². The van der Waals surface area contributed by atoms with Crippen molar-refractivity contribution in [3.8, 4) is 0 Å². The van der Waals surface area contributed by atoms with Gasteiger partial charge < -0.3 is 10.0 Å². The summed E-state index contributed by atoms with van der Waals surface area (Å²) in [6.45, 7) is 1.91. The Morgan fingerprint density at radius 3 is 2.16 bits per heavy atom. The molecule has 5 nitrogen and oxygen atoms in total. The second-order valence-corrected chi connectivity index (χ2v) is 9.32. The van der Waals surface area contributed by atoms with Gasteiger partial charge in [-0.05, 0) is 42.3 Å². The average Bonchev–Trinajstić information content (AvgIpc) is 3.01. The molecule has 0 radical (unpaired) electrons. The average molecular weight is 437 g/mol. The van der Waals surface area contributed by atoms with Crippen molar-refractivity contribution >= 4 is 15.7 Å². The zero-order valence-electron chi connectivity index (χ0n) is 16.7. The minimum absolute atomic E-state index is 0.0267. The lowest BCUT2D eigenvalue weighted by molar-refractivity contribution is -0.130. The van der Waals surface area contributed by atoms with Gasteiger partial charge in [0.15, 0.2) is 5.76 Å². The molecule has 1 aliphatic heterocycles. The van der Waals surface area contributed by atoms with Crippen LogP contribution in [0, 0.1) is 12.7 Å². The van der Waals surface area contributed by atoms with Crippen molar-refractivity contribution in [3.05, 3.63) is 112 Å². The van der Waals surface area contributed by atoms with Crippen molar-refractivity contribution in [1.82, 2.24) is 4.90 Å². The number of rotatable bonds is 5. The second kappa shape index (κ2) is 8.00. The Hall–Kier alpha value is -3.45. The van der Waals surface area contributed by atoms with Crippen LogP contribution in [0.15, 0.2) is 94.4 Å². The maximum absolute atomic E-state index is 13.5. The molecule has 0 aliphatic carbocycles. The maximum Gasteiger partial charge on any atom is 0.290 e. The van der Waals surface area contributed by atoms with Gasteiger partial charge >= 0.3 is 0 Å². The lowest BCUT2D eigenvalue weighted by Crippen LogP contribution is -2.30. The SMILES string of the molecule is Cc1ccc(S(=O)(=O)C2=C(O)C(=O)N(Cc3ccccc3)[C@H]2c2ccc(F)cc2)cc1. The van der Waals surface area contributed by atoms with Crippen LogP contribution in [0.5, 0.6) is 0 Å². The topological polar surface area (TPSA) is 74.7 Å². The standard InChI is InChI=1S/C24H20FNO4S/c1-16-7-13-20(14-8-16)31(29,30)23-21(18-9-11-19(25)12-10-18)26(24(28)22(23)27)15-17-5-3-2-4-6-17/h2-14,21,27H,15H2,1H3/t21-/m0/s1. The summed E-state index contributed by atoms with van der Waals surface area (Å²) in [5.74, 6) is -2.09. The van der Waals surface area contributed by atoms with Crippen molar-refractivity contribution in [2.24, 2.45) is 0 Å². The van der Waals surface area contributed by atoms with Gasteiger partial charge in [0.2, 0.25) is 9.84 Å². The molecule has 1 aliphatic rings. The number of hydrogen-bond acceptors (Lipinski definition) is 4. The number of sulfone groups is 1. The number of aliphatic hydroxyl groups excluding tert-OH is 1. The number of carbonyl (C=O) groups is 1. The quantitative estimate of drug-likeness (QED) is 0.640. The van der Waals surface area contributed by atoms with E-state index >= 15 is 0 Å². The first-order valence-electron chi connectivity index (χ1n) is 9.64. The number of hydrogen-bond donors (Lipinski definition) is 1. The molecule has 0 aromatic heterocycles. The summed E-state index contributed by atoms with van der Waals surface area (Å²) in [4.78, 5) is 13.8. The minimum atomic E-state index is -4.20. The fraction of sp³-hybridized carbons (Fsp3) is 0.125. The largest absolute Gasteiger partial charge is 0.502 e. The highest BCUT2D eigenvalue weighted by Crippen LogP contribution is 2.43. The summed E-state index contributed by atoms with van der Waals surface area (Å²) in [5, 5.41) is 10.7. The first-order chi connectivity index (χ1) is 14.8. The molecule has 3 aromatic rings. The molecule has 0 unspecified atom stereocenters. The van der Waals surface area contributed by atoms with E-state index in [-0.39, 0.29) is 11.4 Å². The third-order valence-electron chi connectivity index (χ3n) is 5.26. The van der Waals surface area contributed by atoms with Crippen LogP contribution in [0.3, 0.4) is 0 Å². The highest BCUT2D eigenvalue weighted by atomic mass is 32.2. The highest BCUT2D eigenvalue weighted by Gasteiger charge is 2.46. The molecule has 4 rings (SSSR count). The Balaban J connectivity index is 1.86. The molecule has 3 aromatic carbocycles. The van der Waals surface area contributed by atoms with Gasteiger partial charge in [0.05, 0.1) is 10.9 Å². The number of amides is 1. The summed E-state index contributed by atoms with van der Waals surface area (Å²) in [6.07, 6.45) is 0. The van der Waals surface area contributed by atoms with E-state index in [1.807, 2.05) is 13.0 Å². The van der Waals surface area contributed by atoms with Crippen LogP contribution in [0.4, 0.5) is 4.39 Å². The number of carbonyl (C=O) groups excluding carboxylic acids is 1. The van der Waals surface area contributed by atoms with Crippen molar-refractivity contribution in [1.29, 1.82) is 0 Å². The second-order valence-electron chi connectivity index (χ2n) is 7.40. The van der Waals surface area contributed by atoms with Crippen molar-refractivity contribution in [2.75, 3.05) is 0 Å². The number of benzene rings is 3. The fourth-order valence-electron chi connectivity index (χ4n) is 3.67. The van der Waals surface area contributed by atoms with Crippen molar-refractivity contribution in [3.63, 3.8) is 0 Å². The van der Waals surface area contributed by atoms with Crippen LogP contribution in [0.2, 0.25) is 0 Å². The highest BCUT2D eigenvalue weighted by molar-refractivity contribution is 7.95. The van der Waals surface area contributed by atoms with Gasteiger partial charge in [-0.2, -0.15) is 0 Å². The molecule has 1 atom stereocenters. The van der Waals surface area contributed by atoms with Crippen LogP contribution in [0.1, 0.15) is 22.7 Å². The minimum Gasteiger partial charge on any atom is -0.502 e. The molecule has 1 heterocycles. The van der Waals surface area contributed by atoms with Gasteiger partial charge in [0, 0.05) is 6.54 Å². The number of aliphatic hydroxyl groups is 1. The summed E-state index contributed by atoms with van der Waals surface area (Å²) in [7, 11) is -4.20. The Labute approximate surface area is 180 Å². The number of aryl methyl sites for hydroxylation is 1. The number of nitrogens with zero attached hydrogens (tertiary/aromatic N) is 1. The van der Waals surface area contributed by atoms with E-state index in [9.17, 15) is 22.7 Å². The Bertz CT molecular complexity index is 1250. The molecular weight excluding hydrogens is 417 g/mol. The van der Waals surface area contributed by atoms with Crippen LogP contribution in [-0.4, -0.2) is 24.3 Å². The van der Waals surface area contributed by atoms with E-state index in [1.54, 1.807) is 36.4 Å². The zero-order chi connectivity index (χ0) is 22.2. The van der Waals surface area contributed by atoms with Crippen molar-refractivity contribution in [2.45, 2.75) is 24.4 Å². The predicted molar refractivity (Wildman–Crippen MR) is 114 cm³/mol. The summed E-state index contributed by atoms with van der Waals surface area (Å²) >= 11 is 0. The third kappa shape index (κ3) is 3.84. The molecule has 31 heavy (non-hydrogen) atoms. The maximum atomic E-state index is 13.5. The molecule has 1 amide bonds. The van der Waals surface area contributed by atoms with Crippen LogP contribution in [0.25, 0.3) is 0 Å². The first kappa shape index (κ1) is 20.8. The normalized spacial score (nSPS) is 16.8. The fourth-order valence-corrected chi connectivity index (χ4v) is 5.32. The van der Waals surface area contributed by atoms with Crippen LogP contribution >= 0.6 is 0 Å². The number of halogens is 1. The Morgan fingerprint density at radius 1 is 0.935 bits per heavy atom. The molecule has 0 fully saturated rings.